The number of H-pyrrole nitrogens is 1. The third-order valence-corrected chi connectivity index (χ3v) is 12.0. The van der Waals surface area contributed by atoms with Gasteiger partial charge in [-0.25, -0.2) is 0 Å². The number of aromatic nitrogens is 1. The number of epoxide rings is 1. The summed E-state index contributed by atoms with van der Waals surface area (Å²) in [5.74, 6) is 0.501. The molecular weight excluding hydrogens is 478 g/mol. The quantitative estimate of drug-likeness (QED) is 0.394. The predicted octanol–water partition coefficient (Wildman–Crippen LogP) is 5.31. The minimum Gasteiger partial charge on any atom is -0.386 e. The molecule has 0 radical (unpaired) electrons. The second-order valence-corrected chi connectivity index (χ2v) is 14.2. The van der Waals surface area contributed by atoms with E-state index in [0.29, 0.717) is 5.92 Å². The van der Waals surface area contributed by atoms with Crippen molar-refractivity contribution < 1.29 is 24.1 Å². The number of hydrogen-bond donors (Lipinski definition) is 2. The van der Waals surface area contributed by atoms with Gasteiger partial charge in [0, 0.05) is 27.4 Å². The summed E-state index contributed by atoms with van der Waals surface area (Å²) in [5.41, 5.74) is 2.31. The molecule has 6 nitrogen and oxygen atoms in total. The largest absolute Gasteiger partial charge is 0.386 e. The van der Waals surface area contributed by atoms with Gasteiger partial charge < -0.3 is 29.0 Å². The molecule has 8 unspecified atom stereocenters. The van der Waals surface area contributed by atoms with E-state index < -0.39 is 23.1 Å². The molecule has 3 saturated heterocycles. The zero-order valence-electron chi connectivity index (χ0n) is 23.5. The Hall–Kier alpha value is -1.70. The number of aliphatic hydroxyl groups is 1. The SMILES string of the molecule is CC(C)=CC1OC2C(OC3CC[C@@]4(C)C(O)(CCC5Cc6c([nH]c7ccccc67)[C@@]54C)C34OC24)C(C)(C)O1. The minimum atomic E-state index is -1.01. The molecule has 4 heterocycles. The minimum absolute atomic E-state index is 0.165. The third kappa shape index (κ3) is 2.54. The summed E-state index contributed by atoms with van der Waals surface area (Å²) in [6, 6.07) is 8.67. The van der Waals surface area contributed by atoms with Gasteiger partial charge in [-0.2, -0.15) is 0 Å². The lowest BCUT2D eigenvalue weighted by Crippen LogP contribution is -2.77. The fourth-order valence-corrected chi connectivity index (χ4v) is 9.97. The van der Waals surface area contributed by atoms with Crippen LogP contribution in [0.25, 0.3) is 10.9 Å². The van der Waals surface area contributed by atoms with Crippen LogP contribution >= 0.6 is 0 Å². The molecule has 2 aromatic rings. The first-order chi connectivity index (χ1) is 18.0. The van der Waals surface area contributed by atoms with Crippen LogP contribution in [0.2, 0.25) is 0 Å². The lowest BCUT2D eigenvalue weighted by Gasteiger charge is -2.66. The van der Waals surface area contributed by atoms with Crippen molar-refractivity contribution in [3.8, 4) is 0 Å². The zero-order chi connectivity index (χ0) is 26.5. The van der Waals surface area contributed by atoms with Crippen LogP contribution in [0.3, 0.4) is 0 Å². The topological polar surface area (TPSA) is 76.2 Å². The van der Waals surface area contributed by atoms with Crippen molar-refractivity contribution in [1.29, 1.82) is 0 Å². The molecule has 5 fully saturated rings. The fraction of sp³-hybridized carbons (Fsp3) is 0.688. The summed E-state index contributed by atoms with van der Waals surface area (Å²) in [5, 5.41) is 14.4. The molecule has 1 aromatic heterocycles. The summed E-state index contributed by atoms with van der Waals surface area (Å²) >= 11 is 0. The van der Waals surface area contributed by atoms with Gasteiger partial charge in [-0.1, -0.05) is 37.6 Å². The van der Waals surface area contributed by atoms with Gasteiger partial charge in [-0.15, -0.1) is 0 Å². The maximum Gasteiger partial charge on any atom is 0.178 e. The van der Waals surface area contributed by atoms with Gasteiger partial charge in [-0.3, -0.25) is 0 Å². The van der Waals surface area contributed by atoms with E-state index in [1.165, 1.54) is 22.2 Å². The molecule has 0 amide bonds. The lowest BCUT2D eigenvalue weighted by atomic mass is 9.40. The zero-order valence-corrected chi connectivity index (χ0v) is 23.5. The smallest absolute Gasteiger partial charge is 0.178 e. The second kappa shape index (κ2) is 7.13. The molecule has 6 aliphatic rings. The number of fused-ring (bicyclic) bond motifs is 9. The molecule has 3 aliphatic carbocycles. The Morgan fingerprint density at radius 1 is 1.00 bits per heavy atom. The summed E-state index contributed by atoms with van der Waals surface area (Å²) in [7, 11) is 0. The summed E-state index contributed by atoms with van der Waals surface area (Å²) in [6.07, 6.45) is 5.25. The van der Waals surface area contributed by atoms with E-state index in [4.69, 9.17) is 18.9 Å². The van der Waals surface area contributed by atoms with E-state index in [2.05, 4.69) is 70.8 Å². The first kappa shape index (κ1) is 24.1. The average Bonchev–Trinajstić information content (AvgIpc) is 3.43. The molecule has 8 rings (SSSR count). The van der Waals surface area contributed by atoms with Crippen LogP contribution in [-0.2, 0) is 30.8 Å². The predicted molar refractivity (Wildman–Crippen MR) is 144 cm³/mol. The first-order valence-corrected chi connectivity index (χ1v) is 14.6. The van der Waals surface area contributed by atoms with Crippen LogP contribution in [0.5, 0.6) is 0 Å². The molecule has 10 atom stereocenters. The highest BCUT2D eigenvalue weighted by atomic mass is 16.8. The highest BCUT2D eigenvalue weighted by Gasteiger charge is 2.87. The number of benzene rings is 1. The Bertz CT molecular complexity index is 1380. The highest BCUT2D eigenvalue weighted by Crippen LogP contribution is 2.75. The van der Waals surface area contributed by atoms with Crippen LogP contribution in [-0.4, -0.2) is 57.6 Å². The van der Waals surface area contributed by atoms with Crippen molar-refractivity contribution in [3.63, 3.8) is 0 Å². The maximum absolute atomic E-state index is 13.1. The van der Waals surface area contributed by atoms with Crippen LogP contribution in [0.4, 0.5) is 0 Å². The standard InChI is InChI=1S/C32H41NO5/c1-17(2)15-23-36-24-26(28(3,4)37-23)35-22-12-13-29(5)30(6)18(11-14-31(29,34)32(22)27(24)38-32)16-20-19-9-7-8-10-21(19)33-25(20)30/h7-10,15,18,22-24,26-27,33-34H,11-14,16H2,1-6H3/t18?,22?,23?,24?,26?,27?,29-,30-,31?,32?/m1/s1. The van der Waals surface area contributed by atoms with Gasteiger partial charge in [0.05, 0.1) is 11.7 Å². The van der Waals surface area contributed by atoms with Gasteiger partial charge >= 0.3 is 0 Å². The van der Waals surface area contributed by atoms with Crippen molar-refractivity contribution in [2.24, 2.45) is 11.3 Å². The molecular formula is C32H41NO5. The maximum atomic E-state index is 13.1. The third-order valence-electron chi connectivity index (χ3n) is 12.0. The molecule has 1 spiro atoms. The molecule has 1 aromatic carbocycles. The van der Waals surface area contributed by atoms with Crippen molar-refractivity contribution >= 4 is 10.9 Å². The molecule has 3 aliphatic heterocycles. The number of rotatable bonds is 1. The van der Waals surface area contributed by atoms with Crippen molar-refractivity contribution in [2.45, 2.75) is 127 Å². The number of para-hydroxylation sites is 1. The Labute approximate surface area is 225 Å². The van der Waals surface area contributed by atoms with Crippen molar-refractivity contribution in [1.82, 2.24) is 4.98 Å². The van der Waals surface area contributed by atoms with Gasteiger partial charge in [0.2, 0.25) is 0 Å². The normalized spacial score (nSPS) is 49.7. The van der Waals surface area contributed by atoms with E-state index in [1.54, 1.807) is 0 Å². The highest BCUT2D eigenvalue weighted by molar-refractivity contribution is 5.86. The average molecular weight is 520 g/mol. The Kier molecular flexibility index (Phi) is 4.53. The monoisotopic (exact) mass is 519 g/mol. The Morgan fingerprint density at radius 2 is 1.79 bits per heavy atom. The Balaban J connectivity index is 1.22. The van der Waals surface area contributed by atoms with Crippen LogP contribution in [0.1, 0.15) is 78.5 Å². The lowest BCUT2D eigenvalue weighted by molar-refractivity contribution is -0.343. The molecule has 2 saturated carbocycles. The van der Waals surface area contributed by atoms with Gasteiger partial charge in [0.1, 0.15) is 23.9 Å². The van der Waals surface area contributed by atoms with Gasteiger partial charge in [0.25, 0.3) is 0 Å². The first-order valence-electron chi connectivity index (χ1n) is 14.6. The summed E-state index contributed by atoms with van der Waals surface area (Å²) in [4.78, 5) is 3.84. The number of ether oxygens (including phenoxy) is 4. The van der Waals surface area contributed by atoms with E-state index in [0.717, 1.165) is 37.7 Å². The van der Waals surface area contributed by atoms with E-state index in [1.807, 2.05) is 6.08 Å². The van der Waals surface area contributed by atoms with Crippen LogP contribution in [0, 0.1) is 11.3 Å². The number of aromatic amines is 1. The summed E-state index contributed by atoms with van der Waals surface area (Å²) in [6.45, 7) is 13.1. The van der Waals surface area contributed by atoms with Crippen LogP contribution < -0.4 is 0 Å². The van der Waals surface area contributed by atoms with E-state index in [9.17, 15) is 5.11 Å². The van der Waals surface area contributed by atoms with Crippen molar-refractivity contribution in [3.05, 3.63) is 47.2 Å². The Morgan fingerprint density at radius 3 is 2.58 bits per heavy atom. The second-order valence-electron chi connectivity index (χ2n) is 14.2. The number of hydrogen-bond acceptors (Lipinski definition) is 5. The molecule has 6 heteroatoms. The van der Waals surface area contributed by atoms with Gasteiger partial charge in [0.15, 0.2) is 11.9 Å². The van der Waals surface area contributed by atoms with Crippen LogP contribution in [0.15, 0.2) is 35.9 Å². The van der Waals surface area contributed by atoms with Gasteiger partial charge in [-0.05, 0) is 83.4 Å². The number of nitrogens with one attached hydrogen (secondary N) is 1. The molecule has 38 heavy (non-hydrogen) atoms. The van der Waals surface area contributed by atoms with E-state index in [-0.39, 0.29) is 35.2 Å². The fourth-order valence-electron chi connectivity index (χ4n) is 9.97. The van der Waals surface area contributed by atoms with E-state index >= 15 is 0 Å². The van der Waals surface area contributed by atoms with Crippen molar-refractivity contribution in [2.75, 3.05) is 0 Å². The summed E-state index contributed by atoms with van der Waals surface area (Å²) < 4.78 is 26.5. The molecule has 204 valence electrons. The molecule has 0 bridgehead atoms. The molecule has 2 N–H and O–H groups in total. The number of allylic oxidation sites excluding steroid dienone is 1.